The van der Waals surface area contributed by atoms with Gasteiger partial charge in [0.1, 0.15) is 13.2 Å². The maximum Gasteiger partial charge on any atom is 0.294 e. The molecule has 7 nitrogen and oxygen atoms in total. The molecule has 0 aromatic heterocycles. The Hall–Kier alpha value is -3.23. The number of hydrogen-bond acceptors (Lipinski definition) is 6. The third-order valence-corrected chi connectivity index (χ3v) is 5.81. The van der Waals surface area contributed by atoms with E-state index in [0.29, 0.717) is 27.8 Å². The molecule has 0 saturated carbocycles. The molecule has 0 bridgehead atoms. The highest BCUT2D eigenvalue weighted by Crippen LogP contribution is 2.37. The van der Waals surface area contributed by atoms with E-state index < -0.39 is 23.6 Å². The van der Waals surface area contributed by atoms with Gasteiger partial charge in [0.15, 0.2) is 11.5 Å². The summed E-state index contributed by atoms with van der Waals surface area (Å²) in [4.78, 5) is 38.7. The summed E-state index contributed by atoms with van der Waals surface area (Å²) in [7, 11) is 1.51. The molecule has 1 aliphatic heterocycles. The number of para-hydroxylation sites is 1. The number of carbonyl (C=O) groups excluding carboxylic acids is 3. The Balaban J connectivity index is 1.77. The lowest BCUT2D eigenvalue weighted by atomic mass is 10.1. The standard InChI is InChI=1S/C23H21ClN2O5S/c1-4-10-31-21-15(6-5-7-18(21)30-3)11-19-22(28)26(23(29)32-19)13-20(27)25-16-9-8-14(2)17(24)12-16/h4-9,11-12H,1,10,13H2,2-3H3,(H,25,27)/b19-11-. The van der Waals surface area contributed by atoms with Gasteiger partial charge in [-0.1, -0.05) is 42.5 Å². The molecule has 0 atom stereocenters. The SMILES string of the molecule is C=CCOc1c(/C=C2\SC(=O)N(CC(=O)Nc3ccc(C)c(Cl)c3)C2=O)cccc1OC. The molecule has 9 heteroatoms. The molecule has 32 heavy (non-hydrogen) atoms. The molecule has 0 aliphatic carbocycles. The van der Waals surface area contributed by atoms with Crippen LogP contribution in [0.4, 0.5) is 10.5 Å². The summed E-state index contributed by atoms with van der Waals surface area (Å²) in [5, 5.41) is 2.62. The highest BCUT2D eigenvalue weighted by atomic mass is 35.5. The van der Waals surface area contributed by atoms with Crippen molar-refractivity contribution >= 4 is 52.2 Å². The first-order chi connectivity index (χ1) is 15.3. The zero-order valence-electron chi connectivity index (χ0n) is 17.5. The predicted molar refractivity (Wildman–Crippen MR) is 126 cm³/mol. The van der Waals surface area contributed by atoms with Crippen LogP contribution in [0.1, 0.15) is 11.1 Å². The van der Waals surface area contributed by atoms with Gasteiger partial charge >= 0.3 is 0 Å². The van der Waals surface area contributed by atoms with E-state index in [9.17, 15) is 14.4 Å². The van der Waals surface area contributed by atoms with Gasteiger partial charge in [0.25, 0.3) is 11.1 Å². The Morgan fingerprint density at radius 3 is 2.75 bits per heavy atom. The van der Waals surface area contributed by atoms with E-state index in [0.717, 1.165) is 22.2 Å². The summed E-state index contributed by atoms with van der Waals surface area (Å²) in [5.41, 5.74) is 1.92. The summed E-state index contributed by atoms with van der Waals surface area (Å²) < 4.78 is 11.0. The van der Waals surface area contributed by atoms with Gasteiger partial charge in [0.05, 0.1) is 12.0 Å². The van der Waals surface area contributed by atoms with Crippen molar-refractivity contribution in [1.82, 2.24) is 4.90 Å². The third-order valence-electron chi connectivity index (χ3n) is 4.49. The van der Waals surface area contributed by atoms with Crippen LogP contribution < -0.4 is 14.8 Å². The first-order valence-electron chi connectivity index (χ1n) is 9.56. The number of hydrogen-bond donors (Lipinski definition) is 1. The first-order valence-corrected chi connectivity index (χ1v) is 10.8. The van der Waals surface area contributed by atoms with Gasteiger partial charge < -0.3 is 14.8 Å². The van der Waals surface area contributed by atoms with Crippen LogP contribution in [0, 0.1) is 6.92 Å². The molecule has 2 aromatic rings. The number of methoxy groups -OCH3 is 1. The number of nitrogens with zero attached hydrogens (tertiary/aromatic N) is 1. The molecule has 0 radical (unpaired) electrons. The molecule has 3 rings (SSSR count). The van der Waals surface area contributed by atoms with Crippen molar-refractivity contribution in [3.8, 4) is 11.5 Å². The van der Waals surface area contributed by atoms with E-state index >= 15 is 0 Å². The fraction of sp³-hybridized carbons (Fsp3) is 0.174. The highest BCUT2D eigenvalue weighted by Gasteiger charge is 2.36. The lowest BCUT2D eigenvalue weighted by Crippen LogP contribution is -2.36. The quantitative estimate of drug-likeness (QED) is 0.434. The number of aryl methyl sites for hydroxylation is 1. The average molecular weight is 473 g/mol. The zero-order chi connectivity index (χ0) is 23.3. The lowest BCUT2D eigenvalue weighted by Gasteiger charge is -2.13. The van der Waals surface area contributed by atoms with Gasteiger partial charge in [-0.15, -0.1) is 0 Å². The van der Waals surface area contributed by atoms with Crippen molar-refractivity contribution in [2.45, 2.75) is 6.92 Å². The van der Waals surface area contributed by atoms with Crippen molar-refractivity contribution in [1.29, 1.82) is 0 Å². The smallest absolute Gasteiger partial charge is 0.294 e. The Kier molecular flexibility index (Phi) is 7.61. The monoisotopic (exact) mass is 472 g/mol. The largest absolute Gasteiger partial charge is 0.493 e. The molecule has 2 aromatic carbocycles. The van der Waals surface area contributed by atoms with Gasteiger partial charge in [0, 0.05) is 16.3 Å². The second-order valence-electron chi connectivity index (χ2n) is 6.76. The first kappa shape index (κ1) is 23.4. The van der Waals surface area contributed by atoms with E-state index in [2.05, 4.69) is 11.9 Å². The van der Waals surface area contributed by atoms with E-state index in [4.69, 9.17) is 21.1 Å². The average Bonchev–Trinajstić information content (AvgIpc) is 3.02. The summed E-state index contributed by atoms with van der Waals surface area (Å²) >= 11 is 6.83. The van der Waals surface area contributed by atoms with Crippen LogP contribution in [0.25, 0.3) is 6.08 Å². The zero-order valence-corrected chi connectivity index (χ0v) is 19.1. The van der Waals surface area contributed by atoms with Gasteiger partial charge in [-0.3, -0.25) is 19.3 Å². The minimum Gasteiger partial charge on any atom is -0.493 e. The van der Waals surface area contributed by atoms with Gasteiger partial charge in [-0.05, 0) is 48.5 Å². The van der Waals surface area contributed by atoms with Crippen LogP contribution in [0.2, 0.25) is 5.02 Å². The Labute approximate surface area is 195 Å². The normalized spacial score (nSPS) is 14.6. The highest BCUT2D eigenvalue weighted by molar-refractivity contribution is 8.18. The number of thioether (sulfide) groups is 1. The minimum absolute atomic E-state index is 0.179. The maximum absolute atomic E-state index is 12.8. The Morgan fingerprint density at radius 2 is 2.06 bits per heavy atom. The molecular formula is C23H21ClN2O5S. The minimum atomic E-state index is -0.561. The Bertz CT molecular complexity index is 1120. The van der Waals surface area contributed by atoms with E-state index in [1.165, 1.54) is 7.11 Å². The fourth-order valence-electron chi connectivity index (χ4n) is 2.90. The van der Waals surface area contributed by atoms with Crippen LogP contribution in [-0.2, 0) is 9.59 Å². The van der Waals surface area contributed by atoms with Crippen molar-refractivity contribution in [3.05, 3.63) is 70.1 Å². The number of amides is 3. The van der Waals surface area contributed by atoms with Crippen molar-refractivity contribution in [2.75, 3.05) is 25.6 Å². The molecule has 3 amide bonds. The van der Waals surface area contributed by atoms with E-state index in [1.54, 1.807) is 48.6 Å². The molecule has 1 N–H and O–H groups in total. The molecule has 1 aliphatic rings. The lowest BCUT2D eigenvalue weighted by molar-refractivity contribution is -0.127. The van der Waals surface area contributed by atoms with Crippen LogP contribution in [-0.4, -0.2) is 42.2 Å². The van der Waals surface area contributed by atoms with Crippen LogP contribution in [0.15, 0.2) is 54.0 Å². The van der Waals surface area contributed by atoms with Gasteiger partial charge in [-0.2, -0.15) is 0 Å². The molecule has 166 valence electrons. The molecular weight excluding hydrogens is 452 g/mol. The van der Waals surface area contributed by atoms with Crippen LogP contribution in [0.3, 0.4) is 0 Å². The number of ether oxygens (including phenoxy) is 2. The maximum atomic E-state index is 12.8. The number of anilines is 1. The number of benzene rings is 2. The van der Waals surface area contributed by atoms with Crippen LogP contribution in [0.5, 0.6) is 11.5 Å². The number of carbonyl (C=O) groups is 3. The molecule has 0 spiro atoms. The van der Waals surface area contributed by atoms with Crippen LogP contribution >= 0.6 is 23.4 Å². The third kappa shape index (κ3) is 5.33. The van der Waals surface area contributed by atoms with Gasteiger partial charge in [-0.25, -0.2) is 0 Å². The number of imide groups is 1. The van der Waals surface area contributed by atoms with E-state index in [-0.39, 0.29) is 11.5 Å². The summed E-state index contributed by atoms with van der Waals surface area (Å²) in [6, 6.07) is 10.3. The summed E-state index contributed by atoms with van der Waals surface area (Å²) in [5.74, 6) is -0.161. The number of nitrogens with one attached hydrogen (secondary N) is 1. The van der Waals surface area contributed by atoms with Crippen molar-refractivity contribution in [3.63, 3.8) is 0 Å². The molecule has 1 fully saturated rings. The van der Waals surface area contributed by atoms with Crippen molar-refractivity contribution in [2.24, 2.45) is 0 Å². The summed E-state index contributed by atoms with van der Waals surface area (Å²) in [6.45, 7) is 5.30. The molecule has 1 saturated heterocycles. The number of halogens is 1. The van der Waals surface area contributed by atoms with E-state index in [1.807, 2.05) is 6.92 Å². The number of rotatable bonds is 8. The topological polar surface area (TPSA) is 84.9 Å². The Morgan fingerprint density at radius 1 is 1.28 bits per heavy atom. The predicted octanol–water partition coefficient (Wildman–Crippen LogP) is 4.90. The molecule has 0 unspecified atom stereocenters. The summed E-state index contributed by atoms with van der Waals surface area (Å²) in [6.07, 6.45) is 3.13. The van der Waals surface area contributed by atoms with Gasteiger partial charge in [0.2, 0.25) is 5.91 Å². The second-order valence-corrected chi connectivity index (χ2v) is 8.16. The second kappa shape index (κ2) is 10.4. The van der Waals surface area contributed by atoms with Crippen molar-refractivity contribution < 1.29 is 23.9 Å². The fourth-order valence-corrected chi connectivity index (χ4v) is 3.91. The molecule has 1 heterocycles.